The van der Waals surface area contributed by atoms with Gasteiger partial charge in [-0.2, -0.15) is 4.98 Å². The van der Waals surface area contributed by atoms with Gasteiger partial charge in [-0.3, -0.25) is 14.3 Å². The van der Waals surface area contributed by atoms with Crippen molar-refractivity contribution in [1.29, 1.82) is 0 Å². The minimum absolute atomic E-state index is 0.0582. The van der Waals surface area contributed by atoms with E-state index in [-0.39, 0.29) is 17.1 Å². The van der Waals surface area contributed by atoms with E-state index in [1.807, 2.05) is 0 Å². The smallest absolute Gasteiger partial charge is 0.330 e. The van der Waals surface area contributed by atoms with Gasteiger partial charge < -0.3 is 10.6 Å². The molecular weight excluding hydrogens is 296 g/mol. The summed E-state index contributed by atoms with van der Waals surface area (Å²) in [6.07, 6.45) is 4.38. The first-order valence-electron chi connectivity index (χ1n) is 7.97. The molecule has 122 valence electrons. The van der Waals surface area contributed by atoms with Gasteiger partial charge in [0.05, 0.1) is 0 Å². The van der Waals surface area contributed by atoms with Gasteiger partial charge in [-0.05, 0) is 31.2 Å². The van der Waals surface area contributed by atoms with Crippen LogP contribution in [0.1, 0.15) is 32.2 Å². The molecule has 1 saturated heterocycles. The van der Waals surface area contributed by atoms with Crippen molar-refractivity contribution in [2.45, 2.75) is 32.2 Å². The van der Waals surface area contributed by atoms with Crippen molar-refractivity contribution in [3.05, 3.63) is 27.0 Å². The van der Waals surface area contributed by atoms with Crippen LogP contribution in [0.25, 0.3) is 11.0 Å². The summed E-state index contributed by atoms with van der Waals surface area (Å²) >= 11 is 0. The number of nitrogens with two attached hydrogens (primary N) is 1. The summed E-state index contributed by atoms with van der Waals surface area (Å²) in [6.45, 7) is 4.38. The van der Waals surface area contributed by atoms with Gasteiger partial charge in [-0.1, -0.05) is 6.92 Å². The summed E-state index contributed by atoms with van der Waals surface area (Å²) in [5.41, 5.74) is 5.53. The first kappa shape index (κ1) is 14.4. The molecule has 23 heavy (non-hydrogen) atoms. The van der Waals surface area contributed by atoms with Gasteiger partial charge >= 0.3 is 5.69 Å². The fourth-order valence-electron chi connectivity index (χ4n) is 3.21. The van der Waals surface area contributed by atoms with Crippen molar-refractivity contribution in [2.24, 2.45) is 11.1 Å². The number of nitrogens with one attached hydrogen (secondary N) is 1. The number of anilines is 1. The van der Waals surface area contributed by atoms with E-state index in [9.17, 15) is 9.59 Å². The van der Waals surface area contributed by atoms with Crippen LogP contribution in [0, 0.1) is 5.41 Å². The van der Waals surface area contributed by atoms with Crippen molar-refractivity contribution in [1.82, 2.24) is 19.5 Å². The first-order chi connectivity index (χ1) is 11.0. The first-order valence-corrected chi connectivity index (χ1v) is 7.97. The number of H-pyrrole nitrogens is 1. The zero-order valence-electron chi connectivity index (χ0n) is 13.1. The Balaban J connectivity index is 1.83. The summed E-state index contributed by atoms with van der Waals surface area (Å²) < 4.78 is 1.60. The zero-order chi connectivity index (χ0) is 16.2. The fraction of sp³-hybridized carbons (Fsp3) is 0.600. The number of fused-ring (bicyclic) bond motifs is 1. The van der Waals surface area contributed by atoms with Gasteiger partial charge in [0.15, 0.2) is 5.65 Å². The highest BCUT2D eigenvalue weighted by molar-refractivity contribution is 5.74. The Bertz CT molecular complexity index is 884. The maximum Gasteiger partial charge on any atom is 0.330 e. The van der Waals surface area contributed by atoms with E-state index >= 15 is 0 Å². The second kappa shape index (κ2) is 4.89. The van der Waals surface area contributed by atoms with E-state index in [4.69, 9.17) is 5.73 Å². The molecule has 0 spiro atoms. The molecule has 0 aromatic carbocycles. The number of hydrogen-bond acceptors (Lipinski definition) is 6. The molecule has 3 heterocycles. The van der Waals surface area contributed by atoms with Gasteiger partial charge in [-0.15, -0.1) is 0 Å². The lowest BCUT2D eigenvalue weighted by Gasteiger charge is -2.22. The largest absolute Gasteiger partial charge is 0.340 e. The van der Waals surface area contributed by atoms with Crippen LogP contribution in [0.4, 0.5) is 5.95 Å². The highest BCUT2D eigenvalue weighted by atomic mass is 16.2. The van der Waals surface area contributed by atoms with Gasteiger partial charge in [-0.25, -0.2) is 9.78 Å². The maximum atomic E-state index is 12.1. The molecule has 2 aromatic rings. The molecule has 0 bridgehead atoms. The van der Waals surface area contributed by atoms with E-state index in [0.29, 0.717) is 23.5 Å². The quantitative estimate of drug-likeness (QED) is 0.824. The lowest BCUT2D eigenvalue weighted by Crippen LogP contribution is -2.33. The summed E-state index contributed by atoms with van der Waals surface area (Å²) in [7, 11) is 0. The van der Waals surface area contributed by atoms with Crippen LogP contribution in [-0.4, -0.2) is 39.2 Å². The third kappa shape index (κ3) is 2.33. The molecule has 1 aliphatic carbocycles. The van der Waals surface area contributed by atoms with Crippen molar-refractivity contribution in [2.75, 3.05) is 24.5 Å². The molecule has 8 heteroatoms. The molecule has 1 aliphatic heterocycles. The highest BCUT2D eigenvalue weighted by Gasteiger charge is 2.34. The SMILES string of the molecule is C[C@]1(CN)CCN(c2ncc3c(=O)[nH]c(=O)n(C4CC4)c3n2)C1. The molecule has 0 unspecified atom stereocenters. The van der Waals surface area contributed by atoms with Gasteiger partial charge in [0.1, 0.15) is 5.39 Å². The van der Waals surface area contributed by atoms with Crippen molar-refractivity contribution in [3.63, 3.8) is 0 Å². The average molecular weight is 316 g/mol. The molecule has 8 nitrogen and oxygen atoms in total. The number of nitrogens with zero attached hydrogens (tertiary/aromatic N) is 4. The average Bonchev–Trinajstić information content (AvgIpc) is 3.28. The maximum absolute atomic E-state index is 12.1. The zero-order valence-corrected chi connectivity index (χ0v) is 13.1. The third-order valence-corrected chi connectivity index (χ3v) is 4.91. The van der Waals surface area contributed by atoms with Crippen LogP contribution in [-0.2, 0) is 0 Å². The molecule has 0 radical (unpaired) electrons. The summed E-state index contributed by atoms with van der Waals surface area (Å²) in [5, 5.41) is 0.362. The standard InChI is InChI=1S/C15H20N6O2/c1-15(7-16)4-5-20(8-15)13-17-6-10-11(18-13)21(9-2-3-9)14(23)19-12(10)22/h6,9H,2-5,7-8,16H2,1H3,(H,19,22,23)/t15-/m1/s1. The Morgan fingerprint density at radius 2 is 2.22 bits per heavy atom. The van der Waals surface area contributed by atoms with Crippen molar-refractivity contribution >= 4 is 17.0 Å². The number of aromatic amines is 1. The molecule has 2 fully saturated rings. The topological polar surface area (TPSA) is 110 Å². The molecule has 1 atom stereocenters. The monoisotopic (exact) mass is 316 g/mol. The van der Waals surface area contributed by atoms with Gasteiger partial charge in [0.25, 0.3) is 5.56 Å². The van der Waals surface area contributed by atoms with Crippen LogP contribution in [0.15, 0.2) is 15.8 Å². The summed E-state index contributed by atoms with van der Waals surface area (Å²) in [5.74, 6) is 0.564. The van der Waals surface area contributed by atoms with E-state index in [2.05, 4.69) is 26.8 Å². The van der Waals surface area contributed by atoms with Crippen molar-refractivity contribution < 1.29 is 0 Å². The lowest BCUT2D eigenvalue weighted by molar-refractivity contribution is 0.383. The minimum Gasteiger partial charge on any atom is -0.340 e. The molecule has 2 aromatic heterocycles. The van der Waals surface area contributed by atoms with Crippen LogP contribution in [0.3, 0.4) is 0 Å². The molecular formula is C15H20N6O2. The normalized spacial score (nSPS) is 24.5. The Morgan fingerprint density at radius 1 is 1.43 bits per heavy atom. The number of aromatic nitrogens is 4. The molecule has 2 aliphatic rings. The van der Waals surface area contributed by atoms with E-state index < -0.39 is 5.56 Å². The van der Waals surface area contributed by atoms with Crippen molar-refractivity contribution in [3.8, 4) is 0 Å². The minimum atomic E-state index is -0.429. The van der Waals surface area contributed by atoms with E-state index in [1.54, 1.807) is 4.57 Å². The predicted molar refractivity (Wildman–Crippen MR) is 86.7 cm³/mol. The van der Waals surface area contributed by atoms with Crippen LogP contribution < -0.4 is 21.9 Å². The summed E-state index contributed by atoms with van der Waals surface area (Å²) in [6, 6.07) is 0.137. The van der Waals surface area contributed by atoms with E-state index in [0.717, 1.165) is 32.4 Å². The molecule has 1 saturated carbocycles. The van der Waals surface area contributed by atoms with Crippen LogP contribution >= 0.6 is 0 Å². The second-order valence-corrected chi connectivity index (χ2v) is 6.95. The fourth-order valence-corrected chi connectivity index (χ4v) is 3.21. The number of hydrogen-bond donors (Lipinski definition) is 2. The third-order valence-electron chi connectivity index (χ3n) is 4.91. The van der Waals surface area contributed by atoms with Gasteiger partial charge in [0, 0.05) is 25.3 Å². The summed E-state index contributed by atoms with van der Waals surface area (Å²) in [4.78, 5) is 37.5. The Hall–Kier alpha value is -2.22. The highest BCUT2D eigenvalue weighted by Crippen LogP contribution is 2.35. The van der Waals surface area contributed by atoms with E-state index in [1.165, 1.54) is 6.20 Å². The van der Waals surface area contributed by atoms with Crippen LogP contribution in [0.5, 0.6) is 0 Å². The van der Waals surface area contributed by atoms with Gasteiger partial charge in [0.2, 0.25) is 5.95 Å². The number of rotatable bonds is 3. The Labute approximate surface area is 132 Å². The Morgan fingerprint density at radius 3 is 2.87 bits per heavy atom. The predicted octanol–water partition coefficient (Wildman–Crippen LogP) is -0.0102. The molecule has 3 N–H and O–H groups in total. The Kier molecular flexibility index (Phi) is 3.06. The molecule has 4 rings (SSSR count). The second-order valence-electron chi connectivity index (χ2n) is 6.95. The van der Waals surface area contributed by atoms with Crippen LogP contribution in [0.2, 0.25) is 0 Å². The molecule has 0 amide bonds. The lowest BCUT2D eigenvalue weighted by atomic mass is 9.90.